The molecule has 2 aliphatic carbocycles. The van der Waals surface area contributed by atoms with Crippen LogP contribution in [0.1, 0.15) is 25.7 Å². The Balaban J connectivity index is 2.15. The highest BCUT2D eigenvalue weighted by molar-refractivity contribution is 7.74. The zero-order valence-corrected chi connectivity index (χ0v) is 11.0. The van der Waals surface area contributed by atoms with Crippen molar-refractivity contribution in [3.05, 3.63) is 18.2 Å². The van der Waals surface area contributed by atoms with E-state index in [4.69, 9.17) is 10.5 Å². The first-order valence-corrected chi connectivity index (χ1v) is 8.05. The van der Waals surface area contributed by atoms with Crippen molar-refractivity contribution < 1.29 is 9.30 Å². The van der Waals surface area contributed by atoms with Gasteiger partial charge in [0.25, 0.3) is 0 Å². The zero-order chi connectivity index (χ0) is 12.0. The number of nitrogen functional groups attached to an aromatic ring is 1. The summed E-state index contributed by atoms with van der Waals surface area (Å²) in [7, 11) is -0.708. The molecular weight excluding hydrogens is 233 g/mol. The van der Waals surface area contributed by atoms with Crippen molar-refractivity contribution in [1.29, 1.82) is 0 Å². The summed E-state index contributed by atoms with van der Waals surface area (Å²) >= 11 is 0. The molecule has 3 rings (SSSR count). The maximum atomic E-state index is 13.4. The lowest BCUT2D eigenvalue weighted by Gasteiger charge is -2.22. The third kappa shape index (κ3) is 1.68. The Labute approximate surface area is 102 Å². The van der Waals surface area contributed by atoms with Crippen LogP contribution in [-0.4, -0.2) is 18.4 Å². The molecule has 2 aliphatic rings. The molecule has 0 saturated heterocycles. The lowest BCUT2D eigenvalue weighted by molar-refractivity contribution is 0.418. The predicted octanol–water partition coefficient (Wildman–Crippen LogP) is 2.59. The van der Waals surface area contributed by atoms with Crippen molar-refractivity contribution in [2.45, 2.75) is 37.0 Å². The van der Waals surface area contributed by atoms with Crippen LogP contribution < -0.4 is 15.8 Å². The Morgan fingerprint density at radius 2 is 1.82 bits per heavy atom. The molecule has 1 aromatic rings. The van der Waals surface area contributed by atoms with Crippen LogP contribution >= 0.6 is 7.14 Å². The number of methoxy groups -OCH3 is 1. The van der Waals surface area contributed by atoms with Gasteiger partial charge >= 0.3 is 0 Å². The molecule has 0 amide bonds. The van der Waals surface area contributed by atoms with Crippen molar-refractivity contribution in [1.82, 2.24) is 0 Å². The molecule has 0 unspecified atom stereocenters. The Kier molecular flexibility index (Phi) is 2.48. The van der Waals surface area contributed by atoms with Crippen LogP contribution in [0.5, 0.6) is 5.75 Å². The van der Waals surface area contributed by atoms with Crippen LogP contribution in [0.15, 0.2) is 18.2 Å². The summed E-state index contributed by atoms with van der Waals surface area (Å²) in [5, 5.41) is 0.826. The summed E-state index contributed by atoms with van der Waals surface area (Å²) in [5.74, 6) is 0.715. The summed E-state index contributed by atoms with van der Waals surface area (Å²) in [6.07, 6.45) is 4.35. The van der Waals surface area contributed by atoms with Gasteiger partial charge in [0.05, 0.1) is 12.4 Å². The van der Waals surface area contributed by atoms with Crippen molar-refractivity contribution in [2.75, 3.05) is 12.8 Å². The number of ether oxygens (including phenoxy) is 1. The standard InChI is InChI=1S/C13H18NO2P/c1-16-12-4-2-3-11(14)13(12)17(15,9-5-6-9)10-7-8-10/h2-4,9-10H,5-8,14H2,1H3. The molecule has 2 saturated carbocycles. The maximum Gasteiger partial charge on any atom is 0.131 e. The van der Waals surface area contributed by atoms with Crippen molar-refractivity contribution in [2.24, 2.45) is 0 Å². The molecule has 0 aliphatic heterocycles. The van der Waals surface area contributed by atoms with Crippen LogP contribution in [0.2, 0.25) is 0 Å². The molecule has 2 fully saturated rings. The average molecular weight is 251 g/mol. The Bertz CT molecular complexity index is 476. The van der Waals surface area contributed by atoms with Gasteiger partial charge in [0.15, 0.2) is 0 Å². The van der Waals surface area contributed by atoms with Crippen molar-refractivity contribution >= 4 is 18.1 Å². The summed E-state index contributed by atoms with van der Waals surface area (Å²) in [6, 6.07) is 5.58. The molecule has 92 valence electrons. The maximum absolute atomic E-state index is 13.4. The van der Waals surface area contributed by atoms with Gasteiger partial charge in [-0.25, -0.2) is 0 Å². The predicted molar refractivity (Wildman–Crippen MR) is 70.7 cm³/mol. The van der Waals surface area contributed by atoms with Crippen LogP contribution in [0.4, 0.5) is 5.69 Å². The van der Waals surface area contributed by atoms with Crippen molar-refractivity contribution in [3.8, 4) is 5.75 Å². The lowest BCUT2D eigenvalue weighted by Crippen LogP contribution is -2.18. The number of benzene rings is 1. The van der Waals surface area contributed by atoms with Crippen LogP contribution in [0, 0.1) is 0 Å². The molecule has 0 radical (unpaired) electrons. The molecule has 3 nitrogen and oxygen atoms in total. The molecular formula is C13H18NO2P. The number of hydrogen-bond donors (Lipinski definition) is 1. The highest BCUT2D eigenvalue weighted by Crippen LogP contribution is 2.70. The fourth-order valence-corrected chi connectivity index (χ4v) is 6.80. The SMILES string of the molecule is COc1cccc(N)c1P(=O)(C1CC1)C1CC1. The molecule has 0 aromatic heterocycles. The second-order valence-electron chi connectivity index (χ2n) is 5.07. The van der Waals surface area contributed by atoms with Crippen LogP contribution in [0.25, 0.3) is 0 Å². The fourth-order valence-electron chi connectivity index (χ4n) is 2.66. The van der Waals surface area contributed by atoms with Gasteiger partial charge in [-0.05, 0) is 37.8 Å². The number of nitrogens with two attached hydrogens (primary N) is 1. The minimum atomic E-state index is -2.34. The number of hydrogen-bond acceptors (Lipinski definition) is 3. The van der Waals surface area contributed by atoms with Gasteiger partial charge < -0.3 is 15.0 Å². The van der Waals surface area contributed by atoms with E-state index in [1.54, 1.807) is 7.11 Å². The van der Waals surface area contributed by atoms with Gasteiger partial charge in [-0.2, -0.15) is 0 Å². The highest BCUT2D eigenvalue weighted by Gasteiger charge is 2.53. The third-order valence-electron chi connectivity index (χ3n) is 3.78. The average Bonchev–Trinajstić information content (AvgIpc) is 3.20. The van der Waals surface area contributed by atoms with Gasteiger partial charge in [-0.3, -0.25) is 0 Å². The molecule has 4 heteroatoms. The van der Waals surface area contributed by atoms with Gasteiger partial charge in [0.2, 0.25) is 0 Å². The molecule has 17 heavy (non-hydrogen) atoms. The third-order valence-corrected chi connectivity index (χ3v) is 8.16. The lowest BCUT2D eigenvalue weighted by atomic mass is 10.3. The van der Waals surface area contributed by atoms with Crippen LogP contribution in [0.3, 0.4) is 0 Å². The quantitative estimate of drug-likeness (QED) is 0.661. The van der Waals surface area contributed by atoms with Crippen LogP contribution in [-0.2, 0) is 4.57 Å². The zero-order valence-electron chi connectivity index (χ0n) is 10.1. The van der Waals surface area contributed by atoms with E-state index in [1.807, 2.05) is 18.2 Å². The highest BCUT2D eigenvalue weighted by atomic mass is 31.2. The first kappa shape index (κ1) is 11.2. The van der Waals surface area contributed by atoms with E-state index < -0.39 is 7.14 Å². The van der Waals surface area contributed by atoms with E-state index in [0.29, 0.717) is 22.8 Å². The molecule has 2 N–H and O–H groups in total. The summed E-state index contributed by atoms with van der Waals surface area (Å²) in [4.78, 5) is 0. The second kappa shape index (κ2) is 3.78. The van der Waals surface area contributed by atoms with Crippen molar-refractivity contribution in [3.63, 3.8) is 0 Å². The minimum absolute atomic E-state index is 0.369. The molecule has 0 bridgehead atoms. The Hall–Kier alpha value is -0.950. The molecule has 0 atom stereocenters. The number of rotatable bonds is 4. The first-order valence-electron chi connectivity index (χ1n) is 6.20. The molecule has 0 spiro atoms. The van der Waals surface area contributed by atoms with Gasteiger partial charge in [-0.15, -0.1) is 0 Å². The van der Waals surface area contributed by atoms with E-state index in [1.165, 1.54) is 0 Å². The largest absolute Gasteiger partial charge is 0.496 e. The van der Waals surface area contributed by atoms with E-state index in [-0.39, 0.29) is 0 Å². The summed E-state index contributed by atoms with van der Waals surface area (Å²) in [6.45, 7) is 0. The van der Waals surface area contributed by atoms with Gasteiger partial charge in [0, 0.05) is 17.0 Å². The Morgan fingerprint density at radius 3 is 2.29 bits per heavy atom. The smallest absolute Gasteiger partial charge is 0.131 e. The summed E-state index contributed by atoms with van der Waals surface area (Å²) < 4.78 is 18.8. The molecule has 1 aromatic carbocycles. The van der Waals surface area contributed by atoms with E-state index in [9.17, 15) is 4.57 Å². The number of anilines is 1. The normalized spacial score (nSPS) is 20.3. The van der Waals surface area contributed by atoms with E-state index >= 15 is 0 Å². The summed E-state index contributed by atoms with van der Waals surface area (Å²) in [5.41, 5.74) is 7.45. The van der Waals surface area contributed by atoms with Gasteiger partial charge in [0.1, 0.15) is 12.9 Å². The second-order valence-corrected chi connectivity index (χ2v) is 8.40. The Morgan fingerprint density at radius 1 is 1.24 bits per heavy atom. The van der Waals surface area contributed by atoms with E-state index in [2.05, 4.69) is 0 Å². The molecule has 0 heterocycles. The monoisotopic (exact) mass is 251 g/mol. The minimum Gasteiger partial charge on any atom is -0.496 e. The topological polar surface area (TPSA) is 52.3 Å². The fraction of sp³-hybridized carbons (Fsp3) is 0.538. The first-order chi connectivity index (χ1) is 8.17. The van der Waals surface area contributed by atoms with Gasteiger partial charge in [-0.1, -0.05) is 6.07 Å². The van der Waals surface area contributed by atoms with E-state index in [0.717, 1.165) is 31.0 Å².